The Bertz CT molecular complexity index is 770. The van der Waals surface area contributed by atoms with Crippen LogP contribution in [-0.2, 0) is 17.9 Å². The van der Waals surface area contributed by atoms with Gasteiger partial charge in [0.25, 0.3) is 6.43 Å². The summed E-state index contributed by atoms with van der Waals surface area (Å²) in [5.41, 5.74) is 0.857. The van der Waals surface area contributed by atoms with Gasteiger partial charge in [-0.3, -0.25) is 14.4 Å². The van der Waals surface area contributed by atoms with Gasteiger partial charge in [-0.2, -0.15) is 5.10 Å². The zero-order valence-corrected chi connectivity index (χ0v) is 14.5. The van der Waals surface area contributed by atoms with Crippen LogP contribution in [-0.4, -0.2) is 51.7 Å². The standard InChI is InChI=1S/C18H21F3N4O/c1-13-10-16(18(20)21)22-25(13)12-17(26)24-8-6-23(7-9-24)11-14-4-2-3-5-15(14)19/h2-5,10,18H,6-9,11-12H2,1H3. The first-order valence-corrected chi connectivity index (χ1v) is 8.50. The van der Waals surface area contributed by atoms with Gasteiger partial charge in [-0.15, -0.1) is 0 Å². The Morgan fingerprint density at radius 1 is 1.19 bits per heavy atom. The molecule has 1 amide bonds. The predicted octanol–water partition coefficient (Wildman–Crippen LogP) is 2.61. The van der Waals surface area contributed by atoms with Gasteiger partial charge >= 0.3 is 0 Å². The molecule has 2 heterocycles. The largest absolute Gasteiger partial charge is 0.339 e. The molecule has 140 valence electrons. The maximum atomic E-state index is 13.7. The summed E-state index contributed by atoms with van der Waals surface area (Å²) in [4.78, 5) is 16.2. The molecule has 3 rings (SSSR count). The van der Waals surface area contributed by atoms with E-state index in [0.717, 1.165) is 0 Å². The summed E-state index contributed by atoms with van der Waals surface area (Å²) >= 11 is 0. The zero-order valence-electron chi connectivity index (χ0n) is 14.5. The monoisotopic (exact) mass is 366 g/mol. The molecule has 0 radical (unpaired) electrons. The van der Waals surface area contributed by atoms with Crippen molar-refractivity contribution in [2.24, 2.45) is 0 Å². The molecule has 0 saturated carbocycles. The molecule has 0 spiro atoms. The van der Waals surface area contributed by atoms with Gasteiger partial charge in [0.15, 0.2) is 0 Å². The average molecular weight is 366 g/mol. The van der Waals surface area contributed by atoms with E-state index in [4.69, 9.17) is 0 Å². The van der Waals surface area contributed by atoms with Crippen LogP contribution in [0.4, 0.5) is 13.2 Å². The number of amides is 1. The van der Waals surface area contributed by atoms with E-state index in [0.29, 0.717) is 44.0 Å². The second kappa shape index (κ2) is 7.90. The van der Waals surface area contributed by atoms with Crippen molar-refractivity contribution < 1.29 is 18.0 Å². The Morgan fingerprint density at radius 2 is 1.88 bits per heavy atom. The molecule has 1 aliphatic heterocycles. The van der Waals surface area contributed by atoms with Crippen LogP contribution in [0.25, 0.3) is 0 Å². The van der Waals surface area contributed by atoms with Crippen LogP contribution in [0, 0.1) is 12.7 Å². The van der Waals surface area contributed by atoms with Crippen LogP contribution in [0.2, 0.25) is 0 Å². The van der Waals surface area contributed by atoms with Crippen molar-refractivity contribution in [3.8, 4) is 0 Å². The number of benzene rings is 1. The molecule has 26 heavy (non-hydrogen) atoms. The van der Waals surface area contributed by atoms with Gasteiger partial charge < -0.3 is 4.90 Å². The van der Waals surface area contributed by atoms with Gasteiger partial charge in [0.1, 0.15) is 18.1 Å². The number of halogens is 3. The Balaban J connectivity index is 1.53. The van der Waals surface area contributed by atoms with Gasteiger partial charge in [-0.1, -0.05) is 18.2 Å². The molecule has 0 unspecified atom stereocenters. The molecule has 2 aromatic rings. The summed E-state index contributed by atoms with van der Waals surface area (Å²) in [7, 11) is 0. The number of alkyl halides is 2. The second-order valence-corrected chi connectivity index (χ2v) is 6.42. The van der Waals surface area contributed by atoms with Crippen molar-refractivity contribution in [2.75, 3.05) is 26.2 Å². The predicted molar refractivity (Wildman–Crippen MR) is 90.2 cm³/mol. The van der Waals surface area contributed by atoms with Crippen LogP contribution in [0.3, 0.4) is 0 Å². The highest BCUT2D eigenvalue weighted by Gasteiger charge is 2.23. The molecule has 0 N–H and O–H groups in total. The van der Waals surface area contributed by atoms with Crippen molar-refractivity contribution in [2.45, 2.75) is 26.4 Å². The highest BCUT2D eigenvalue weighted by Crippen LogP contribution is 2.18. The van der Waals surface area contributed by atoms with Crippen molar-refractivity contribution in [1.29, 1.82) is 0 Å². The first kappa shape index (κ1) is 18.4. The van der Waals surface area contributed by atoms with E-state index in [1.807, 2.05) is 0 Å². The fraction of sp³-hybridized carbons (Fsp3) is 0.444. The zero-order chi connectivity index (χ0) is 18.7. The third-order valence-corrected chi connectivity index (χ3v) is 4.59. The number of aryl methyl sites for hydroxylation is 1. The lowest BCUT2D eigenvalue weighted by Gasteiger charge is -2.34. The maximum Gasteiger partial charge on any atom is 0.282 e. The fourth-order valence-corrected chi connectivity index (χ4v) is 3.05. The number of piperazine rings is 1. The van der Waals surface area contributed by atoms with Crippen LogP contribution in [0.1, 0.15) is 23.4 Å². The van der Waals surface area contributed by atoms with E-state index in [-0.39, 0.29) is 24.0 Å². The smallest absolute Gasteiger partial charge is 0.282 e. The Morgan fingerprint density at radius 3 is 2.50 bits per heavy atom. The lowest BCUT2D eigenvalue weighted by molar-refractivity contribution is -0.133. The minimum atomic E-state index is -2.65. The number of aromatic nitrogens is 2. The molecule has 0 bridgehead atoms. The van der Waals surface area contributed by atoms with E-state index in [1.165, 1.54) is 16.8 Å². The molecule has 0 aliphatic carbocycles. The molecule has 1 aliphatic rings. The first-order valence-electron chi connectivity index (χ1n) is 8.50. The molecule has 8 heteroatoms. The topological polar surface area (TPSA) is 41.4 Å². The van der Waals surface area contributed by atoms with E-state index in [9.17, 15) is 18.0 Å². The molecular weight excluding hydrogens is 345 g/mol. The molecular formula is C18H21F3N4O. The van der Waals surface area contributed by atoms with E-state index < -0.39 is 6.43 Å². The molecule has 1 fully saturated rings. The molecule has 1 aromatic heterocycles. The van der Waals surface area contributed by atoms with Gasteiger partial charge in [0.2, 0.25) is 5.91 Å². The number of rotatable bonds is 5. The number of hydrogen-bond donors (Lipinski definition) is 0. The number of hydrogen-bond acceptors (Lipinski definition) is 3. The molecule has 5 nitrogen and oxygen atoms in total. The Kier molecular flexibility index (Phi) is 5.61. The lowest BCUT2D eigenvalue weighted by Crippen LogP contribution is -2.49. The van der Waals surface area contributed by atoms with Crippen LogP contribution in [0.15, 0.2) is 30.3 Å². The van der Waals surface area contributed by atoms with Gasteiger partial charge in [0.05, 0.1) is 0 Å². The summed E-state index contributed by atoms with van der Waals surface area (Å²) in [6.07, 6.45) is -2.65. The molecule has 1 aromatic carbocycles. The van der Waals surface area contributed by atoms with Crippen molar-refractivity contribution in [3.63, 3.8) is 0 Å². The Labute approximate surface area is 150 Å². The third kappa shape index (κ3) is 4.24. The lowest BCUT2D eigenvalue weighted by atomic mass is 10.2. The molecule has 1 saturated heterocycles. The van der Waals surface area contributed by atoms with Gasteiger partial charge in [0, 0.05) is 44.0 Å². The third-order valence-electron chi connectivity index (χ3n) is 4.59. The summed E-state index contributed by atoms with van der Waals surface area (Å²) in [5, 5.41) is 3.79. The number of carbonyl (C=O) groups is 1. The minimum Gasteiger partial charge on any atom is -0.339 e. The highest BCUT2D eigenvalue weighted by molar-refractivity contribution is 5.76. The van der Waals surface area contributed by atoms with Crippen LogP contribution in [0.5, 0.6) is 0 Å². The fourth-order valence-electron chi connectivity index (χ4n) is 3.05. The average Bonchev–Trinajstić information content (AvgIpc) is 2.98. The van der Waals surface area contributed by atoms with E-state index in [2.05, 4.69) is 10.00 Å². The number of carbonyl (C=O) groups excluding carboxylic acids is 1. The van der Waals surface area contributed by atoms with Crippen LogP contribution >= 0.6 is 0 Å². The normalized spacial score (nSPS) is 15.7. The van der Waals surface area contributed by atoms with Crippen molar-refractivity contribution in [3.05, 3.63) is 53.1 Å². The first-order chi connectivity index (χ1) is 12.4. The highest BCUT2D eigenvalue weighted by atomic mass is 19.3. The summed E-state index contributed by atoms with van der Waals surface area (Å²) < 4.78 is 40.4. The van der Waals surface area contributed by atoms with Gasteiger partial charge in [-0.25, -0.2) is 13.2 Å². The SMILES string of the molecule is Cc1cc(C(F)F)nn1CC(=O)N1CCN(Cc2ccccc2F)CC1. The van der Waals surface area contributed by atoms with E-state index in [1.54, 1.807) is 30.0 Å². The molecule has 0 atom stereocenters. The summed E-state index contributed by atoms with van der Waals surface area (Å²) in [6.45, 7) is 4.43. The maximum absolute atomic E-state index is 13.7. The quantitative estimate of drug-likeness (QED) is 0.817. The van der Waals surface area contributed by atoms with Crippen molar-refractivity contribution in [1.82, 2.24) is 19.6 Å². The summed E-state index contributed by atoms with van der Waals surface area (Å²) in [5.74, 6) is -0.377. The van der Waals surface area contributed by atoms with E-state index >= 15 is 0 Å². The second-order valence-electron chi connectivity index (χ2n) is 6.42. The summed E-state index contributed by atoms with van der Waals surface area (Å²) in [6, 6.07) is 7.96. The van der Waals surface area contributed by atoms with Gasteiger partial charge in [-0.05, 0) is 19.1 Å². The number of nitrogens with zero attached hydrogens (tertiary/aromatic N) is 4. The Hall–Kier alpha value is -2.35. The van der Waals surface area contributed by atoms with Crippen LogP contribution < -0.4 is 0 Å². The minimum absolute atomic E-state index is 0.0497. The van der Waals surface area contributed by atoms with Crippen molar-refractivity contribution >= 4 is 5.91 Å².